The third-order valence-corrected chi connectivity index (χ3v) is 5.51. The van der Waals surface area contributed by atoms with Crippen LogP contribution in [0.2, 0.25) is 0 Å². The fraction of sp³-hybridized carbons (Fsp3) is 0.444. The summed E-state index contributed by atoms with van der Waals surface area (Å²) in [7, 11) is 1.75. The molecular formula is C18H25FN4S2. The summed E-state index contributed by atoms with van der Waals surface area (Å²) in [6, 6.07) is 4.95. The molecule has 0 aliphatic heterocycles. The number of thioether (sulfide) groups is 1. The molecule has 0 atom stereocenters. The van der Waals surface area contributed by atoms with Gasteiger partial charge >= 0.3 is 0 Å². The number of hydrogen-bond acceptors (Lipinski definition) is 4. The van der Waals surface area contributed by atoms with E-state index in [1.807, 2.05) is 26.2 Å². The molecule has 136 valence electrons. The van der Waals surface area contributed by atoms with E-state index in [4.69, 9.17) is 0 Å². The van der Waals surface area contributed by atoms with Crippen molar-refractivity contribution in [3.05, 3.63) is 50.7 Å². The quantitative estimate of drug-likeness (QED) is 0.568. The van der Waals surface area contributed by atoms with Gasteiger partial charge in [-0.25, -0.2) is 9.37 Å². The van der Waals surface area contributed by atoms with E-state index in [2.05, 4.69) is 20.6 Å². The zero-order valence-corrected chi connectivity index (χ0v) is 16.8. The highest BCUT2D eigenvalue weighted by molar-refractivity contribution is 7.97. The summed E-state index contributed by atoms with van der Waals surface area (Å²) in [6.45, 7) is 5.50. The van der Waals surface area contributed by atoms with Crippen molar-refractivity contribution in [2.45, 2.75) is 32.6 Å². The first-order chi connectivity index (χ1) is 12.0. The zero-order chi connectivity index (χ0) is 18.2. The van der Waals surface area contributed by atoms with Crippen molar-refractivity contribution in [3.63, 3.8) is 0 Å². The predicted octanol–water partition coefficient (Wildman–Crippen LogP) is 3.67. The maximum absolute atomic E-state index is 13.4. The lowest BCUT2D eigenvalue weighted by Gasteiger charge is -2.14. The van der Waals surface area contributed by atoms with Gasteiger partial charge in [0.05, 0.1) is 10.7 Å². The monoisotopic (exact) mass is 380 g/mol. The molecule has 0 aliphatic rings. The molecule has 2 rings (SSSR count). The van der Waals surface area contributed by atoms with Crippen molar-refractivity contribution < 1.29 is 4.39 Å². The lowest BCUT2D eigenvalue weighted by atomic mass is 10.1. The number of aromatic nitrogens is 1. The minimum absolute atomic E-state index is 0.189. The number of guanidine groups is 1. The number of aliphatic imine (C=N–C) groups is 1. The van der Waals surface area contributed by atoms with Gasteiger partial charge in [-0.05, 0) is 43.4 Å². The summed E-state index contributed by atoms with van der Waals surface area (Å²) in [5, 5.41) is 7.74. The van der Waals surface area contributed by atoms with Crippen LogP contribution in [0.4, 0.5) is 4.39 Å². The first kappa shape index (κ1) is 19.7. The van der Waals surface area contributed by atoms with E-state index in [1.54, 1.807) is 36.2 Å². The lowest BCUT2D eigenvalue weighted by Crippen LogP contribution is -2.38. The third-order valence-electron chi connectivity index (χ3n) is 3.78. The van der Waals surface area contributed by atoms with Gasteiger partial charge in [0.15, 0.2) is 5.96 Å². The molecule has 7 heteroatoms. The third kappa shape index (κ3) is 6.01. The molecule has 2 N–H and O–H groups in total. The van der Waals surface area contributed by atoms with Gasteiger partial charge in [0, 0.05) is 37.2 Å². The van der Waals surface area contributed by atoms with Crippen LogP contribution in [0, 0.1) is 19.7 Å². The van der Waals surface area contributed by atoms with Gasteiger partial charge in [-0.1, -0.05) is 6.07 Å². The molecule has 0 spiro atoms. The van der Waals surface area contributed by atoms with Crippen LogP contribution in [-0.2, 0) is 18.7 Å². The summed E-state index contributed by atoms with van der Waals surface area (Å²) in [5.41, 5.74) is 3.22. The second-order valence-corrected chi connectivity index (χ2v) is 7.84. The Bertz CT molecular complexity index is 728. The number of aryl methyl sites for hydroxylation is 2. The molecule has 1 aromatic heterocycles. The van der Waals surface area contributed by atoms with Gasteiger partial charge in [0.2, 0.25) is 0 Å². The number of rotatable bonds is 7. The molecule has 0 bridgehead atoms. The van der Waals surface area contributed by atoms with Crippen LogP contribution in [0.5, 0.6) is 0 Å². The highest BCUT2D eigenvalue weighted by Crippen LogP contribution is 2.17. The molecular weight excluding hydrogens is 355 g/mol. The van der Waals surface area contributed by atoms with E-state index in [-0.39, 0.29) is 5.82 Å². The highest BCUT2D eigenvalue weighted by Gasteiger charge is 2.07. The number of nitrogens with zero attached hydrogens (tertiary/aromatic N) is 2. The largest absolute Gasteiger partial charge is 0.356 e. The van der Waals surface area contributed by atoms with Crippen LogP contribution < -0.4 is 10.6 Å². The maximum Gasteiger partial charge on any atom is 0.191 e. The van der Waals surface area contributed by atoms with E-state index in [0.29, 0.717) is 6.54 Å². The lowest BCUT2D eigenvalue weighted by molar-refractivity contribution is 0.625. The van der Waals surface area contributed by atoms with Gasteiger partial charge in [-0.2, -0.15) is 11.8 Å². The van der Waals surface area contributed by atoms with Gasteiger partial charge in [0.1, 0.15) is 5.82 Å². The molecule has 4 nitrogen and oxygen atoms in total. The predicted molar refractivity (Wildman–Crippen MR) is 107 cm³/mol. The normalized spacial score (nSPS) is 11.6. The van der Waals surface area contributed by atoms with Crippen molar-refractivity contribution in [3.8, 4) is 0 Å². The fourth-order valence-electron chi connectivity index (χ4n) is 2.56. The average Bonchev–Trinajstić information content (AvgIpc) is 2.90. The topological polar surface area (TPSA) is 49.3 Å². The number of benzene rings is 1. The van der Waals surface area contributed by atoms with Crippen molar-refractivity contribution in [1.82, 2.24) is 15.6 Å². The van der Waals surface area contributed by atoms with Crippen molar-refractivity contribution in [1.29, 1.82) is 0 Å². The van der Waals surface area contributed by atoms with E-state index in [9.17, 15) is 4.39 Å². The standard InChI is InChI=1S/C18H25FN4S2/c1-12-17(25-13(2)23-12)7-8-21-18(20-3)22-10-14-5-6-16(19)9-15(14)11-24-4/h5-6,9H,7-8,10-11H2,1-4H3,(H2,20,21,22). The zero-order valence-electron chi connectivity index (χ0n) is 15.1. The van der Waals surface area contributed by atoms with Gasteiger partial charge in [-0.15, -0.1) is 11.3 Å². The second-order valence-electron chi connectivity index (χ2n) is 5.69. The Morgan fingerprint density at radius 1 is 1.28 bits per heavy atom. The summed E-state index contributed by atoms with van der Waals surface area (Å²) >= 11 is 3.43. The Balaban J connectivity index is 1.87. The van der Waals surface area contributed by atoms with Crippen LogP contribution in [0.25, 0.3) is 0 Å². The minimum Gasteiger partial charge on any atom is -0.356 e. The van der Waals surface area contributed by atoms with E-state index >= 15 is 0 Å². The fourth-order valence-corrected chi connectivity index (χ4v) is 4.07. The molecule has 0 saturated heterocycles. The average molecular weight is 381 g/mol. The van der Waals surface area contributed by atoms with Crippen molar-refractivity contribution in [2.24, 2.45) is 4.99 Å². The number of thiazole rings is 1. The first-order valence-electron chi connectivity index (χ1n) is 8.17. The SMILES string of the molecule is CN=C(NCCc1sc(C)nc1C)NCc1ccc(F)cc1CSC. The molecule has 0 amide bonds. The summed E-state index contributed by atoms with van der Waals surface area (Å²) in [5.74, 6) is 1.36. The van der Waals surface area contributed by atoms with E-state index in [1.165, 1.54) is 10.9 Å². The summed E-state index contributed by atoms with van der Waals surface area (Å²) in [6.07, 6.45) is 2.94. The van der Waals surface area contributed by atoms with Gasteiger partial charge < -0.3 is 10.6 Å². The second kappa shape index (κ2) is 9.77. The van der Waals surface area contributed by atoms with Crippen LogP contribution in [0.15, 0.2) is 23.2 Å². The molecule has 0 unspecified atom stereocenters. The summed E-state index contributed by atoms with van der Waals surface area (Å²) in [4.78, 5) is 10.0. The summed E-state index contributed by atoms with van der Waals surface area (Å²) < 4.78 is 13.4. The molecule has 25 heavy (non-hydrogen) atoms. The highest BCUT2D eigenvalue weighted by atomic mass is 32.2. The van der Waals surface area contributed by atoms with Gasteiger partial charge in [-0.3, -0.25) is 4.99 Å². The number of halogens is 1. The Morgan fingerprint density at radius 2 is 2.08 bits per heavy atom. The van der Waals surface area contributed by atoms with Crippen LogP contribution in [-0.4, -0.2) is 30.8 Å². The number of hydrogen-bond donors (Lipinski definition) is 2. The Labute approximate surface area is 157 Å². The Kier molecular flexibility index (Phi) is 7.71. The Morgan fingerprint density at radius 3 is 2.72 bits per heavy atom. The smallest absolute Gasteiger partial charge is 0.191 e. The molecule has 0 fully saturated rings. The van der Waals surface area contributed by atoms with Gasteiger partial charge in [0.25, 0.3) is 0 Å². The van der Waals surface area contributed by atoms with E-state index < -0.39 is 0 Å². The van der Waals surface area contributed by atoms with Crippen molar-refractivity contribution in [2.75, 3.05) is 19.8 Å². The minimum atomic E-state index is -0.189. The molecule has 1 heterocycles. The van der Waals surface area contributed by atoms with E-state index in [0.717, 1.165) is 46.5 Å². The van der Waals surface area contributed by atoms with Crippen LogP contribution >= 0.6 is 23.1 Å². The molecule has 1 aromatic carbocycles. The van der Waals surface area contributed by atoms with Crippen LogP contribution in [0.1, 0.15) is 26.7 Å². The molecule has 2 aromatic rings. The van der Waals surface area contributed by atoms with Crippen LogP contribution in [0.3, 0.4) is 0 Å². The molecule has 0 radical (unpaired) electrons. The molecule has 0 aliphatic carbocycles. The first-order valence-corrected chi connectivity index (χ1v) is 10.4. The number of nitrogens with one attached hydrogen (secondary N) is 2. The Hall–Kier alpha value is -1.60. The maximum atomic E-state index is 13.4. The van der Waals surface area contributed by atoms with Crippen molar-refractivity contribution >= 4 is 29.1 Å². The molecule has 0 saturated carbocycles.